The number of hydrogen-bond donors (Lipinski definition) is 3. The van der Waals surface area contributed by atoms with E-state index in [1.807, 2.05) is 0 Å². The van der Waals surface area contributed by atoms with E-state index in [1.165, 1.54) is 6.07 Å². The number of carbonyl (C=O) groups excluding carboxylic acids is 1. The molecule has 2 rings (SSSR count). The minimum Gasteiger partial charge on any atom is -0.383 e. The molecular weight excluding hydrogens is 390 g/mol. The van der Waals surface area contributed by atoms with Crippen molar-refractivity contribution in [2.24, 2.45) is 0 Å². The van der Waals surface area contributed by atoms with Gasteiger partial charge >= 0.3 is 0 Å². The first-order chi connectivity index (χ1) is 12.4. The van der Waals surface area contributed by atoms with E-state index in [0.717, 1.165) is 25.7 Å². The van der Waals surface area contributed by atoms with Gasteiger partial charge in [-0.15, -0.1) is 12.4 Å². The Kier molecular flexibility index (Phi) is 10.3. The number of aryl methyl sites for hydroxylation is 1. The van der Waals surface area contributed by atoms with E-state index >= 15 is 0 Å². The van der Waals surface area contributed by atoms with Crippen LogP contribution in [0.2, 0.25) is 0 Å². The molecule has 0 radical (unpaired) electrons. The van der Waals surface area contributed by atoms with Gasteiger partial charge in [-0.3, -0.25) is 4.79 Å². The van der Waals surface area contributed by atoms with Crippen LogP contribution >= 0.6 is 12.4 Å². The third-order valence-corrected chi connectivity index (χ3v) is 6.15. The smallest absolute Gasteiger partial charge is 0.251 e. The van der Waals surface area contributed by atoms with Crippen LogP contribution in [0, 0.1) is 6.92 Å². The molecule has 154 valence electrons. The molecule has 27 heavy (non-hydrogen) atoms. The van der Waals surface area contributed by atoms with Crippen LogP contribution in [0.15, 0.2) is 23.1 Å². The van der Waals surface area contributed by atoms with Gasteiger partial charge in [0.05, 0.1) is 11.5 Å². The molecular formula is C18H30ClN3O4S. The van der Waals surface area contributed by atoms with E-state index in [9.17, 15) is 13.2 Å². The van der Waals surface area contributed by atoms with E-state index in [4.69, 9.17) is 4.74 Å². The lowest BCUT2D eigenvalue weighted by atomic mass is 10.1. The van der Waals surface area contributed by atoms with Crippen molar-refractivity contribution < 1.29 is 17.9 Å². The second kappa shape index (κ2) is 11.6. The zero-order valence-corrected chi connectivity index (χ0v) is 17.5. The third kappa shape index (κ3) is 7.38. The number of hydrogen-bond acceptors (Lipinski definition) is 5. The van der Waals surface area contributed by atoms with Crippen LogP contribution in [0.1, 0.15) is 41.6 Å². The van der Waals surface area contributed by atoms with Crippen molar-refractivity contribution in [3.8, 4) is 0 Å². The average molecular weight is 420 g/mol. The van der Waals surface area contributed by atoms with Gasteiger partial charge in [0.25, 0.3) is 5.91 Å². The summed E-state index contributed by atoms with van der Waals surface area (Å²) in [6.07, 6.45) is 3.84. The quantitative estimate of drug-likeness (QED) is 0.500. The van der Waals surface area contributed by atoms with Crippen molar-refractivity contribution in [1.82, 2.24) is 15.4 Å². The summed E-state index contributed by atoms with van der Waals surface area (Å²) in [4.78, 5) is 12.5. The molecule has 1 amide bonds. The van der Waals surface area contributed by atoms with Gasteiger partial charge < -0.3 is 15.4 Å². The number of benzene rings is 1. The summed E-state index contributed by atoms with van der Waals surface area (Å²) in [5.41, 5.74) is 0.979. The molecule has 3 N–H and O–H groups in total. The lowest BCUT2D eigenvalue weighted by Gasteiger charge is -2.15. The predicted molar refractivity (Wildman–Crippen MR) is 108 cm³/mol. The lowest BCUT2D eigenvalue weighted by Crippen LogP contribution is -2.34. The third-order valence-electron chi connectivity index (χ3n) is 4.49. The monoisotopic (exact) mass is 419 g/mol. The Balaban J connectivity index is 0.00000364. The zero-order chi connectivity index (χ0) is 19.0. The summed E-state index contributed by atoms with van der Waals surface area (Å²) in [6.45, 7) is 4.14. The van der Waals surface area contributed by atoms with Gasteiger partial charge in [0.15, 0.2) is 0 Å². The molecule has 0 unspecified atom stereocenters. The number of carbonyl (C=O) groups is 1. The number of nitrogens with one attached hydrogen (secondary N) is 3. The summed E-state index contributed by atoms with van der Waals surface area (Å²) in [7, 11) is -1.99. The van der Waals surface area contributed by atoms with Crippen molar-refractivity contribution >= 4 is 28.3 Å². The van der Waals surface area contributed by atoms with Crippen LogP contribution in [0.3, 0.4) is 0 Å². The molecule has 0 saturated heterocycles. The van der Waals surface area contributed by atoms with Crippen molar-refractivity contribution in [3.05, 3.63) is 29.3 Å². The molecule has 0 spiro atoms. The van der Waals surface area contributed by atoms with Crippen molar-refractivity contribution in [1.29, 1.82) is 0 Å². The second-order valence-corrected chi connectivity index (χ2v) is 8.26. The number of sulfonamides is 1. The Morgan fingerprint density at radius 1 is 1.19 bits per heavy atom. The molecule has 1 aromatic carbocycles. The van der Waals surface area contributed by atoms with E-state index < -0.39 is 10.0 Å². The standard InChI is InChI=1S/C18H29N3O4S.ClH/c1-14-7-8-15(18(22)20-10-9-19-11-12-25-2)13-17(14)26(23,24)21-16-5-3-4-6-16;/h7-8,13,16,19,21H,3-6,9-12H2,1-2H3,(H,20,22);1H. The van der Waals surface area contributed by atoms with Crippen LogP contribution in [0.25, 0.3) is 0 Å². The Morgan fingerprint density at radius 3 is 2.56 bits per heavy atom. The predicted octanol–water partition coefficient (Wildman–Crippen LogP) is 1.60. The Labute approximate surface area is 168 Å². The highest BCUT2D eigenvalue weighted by molar-refractivity contribution is 7.89. The summed E-state index contributed by atoms with van der Waals surface area (Å²) in [5, 5.41) is 5.92. The van der Waals surface area contributed by atoms with Gasteiger partial charge in [0.1, 0.15) is 0 Å². The first-order valence-corrected chi connectivity index (χ1v) is 10.5. The minimum atomic E-state index is -3.62. The summed E-state index contributed by atoms with van der Waals surface area (Å²) < 4.78 is 33.1. The fraction of sp³-hybridized carbons (Fsp3) is 0.611. The molecule has 1 saturated carbocycles. The molecule has 0 heterocycles. The molecule has 7 nitrogen and oxygen atoms in total. The maximum atomic E-state index is 12.7. The Bertz CT molecular complexity index is 707. The maximum Gasteiger partial charge on any atom is 0.251 e. The van der Waals surface area contributed by atoms with E-state index in [0.29, 0.717) is 37.4 Å². The first kappa shape index (κ1) is 23.8. The van der Waals surface area contributed by atoms with Gasteiger partial charge in [-0.2, -0.15) is 0 Å². The topological polar surface area (TPSA) is 96.5 Å². The van der Waals surface area contributed by atoms with Crippen molar-refractivity contribution in [3.63, 3.8) is 0 Å². The normalized spacial score (nSPS) is 14.7. The molecule has 1 fully saturated rings. The average Bonchev–Trinajstić information content (AvgIpc) is 3.10. The largest absolute Gasteiger partial charge is 0.383 e. The van der Waals surface area contributed by atoms with E-state index in [2.05, 4.69) is 15.4 Å². The molecule has 0 bridgehead atoms. The molecule has 0 atom stereocenters. The fourth-order valence-electron chi connectivity index (χ4n) is 3.02. The number of halogens is 1. The van der Waals surface area contributed by atoms with Crippen LogP contribution in [0.5, 0.6) is 0 Å². The van der Waals surface area contributed by atoms with Crippen LogP contribution in [0.4, 0.5) is 0 Å². The molecule has 0 aliphatic heterocycles. The Morgan fingerprint density at radius 2 is 1.89 bits per heavy atom. The highest BCUT2D eigenvalue weighted by Gasteiger charge is 2.25. The highest BCUT2D eigenvalue weighted by Crippen LogP contribution is 2.22. The van der Waals surface area contributed by atoms with Crippen LogP contribution < -0.4 is 15.4 Å². The Hall–Kier alpha value is -1.19. The van der Waals surface area contributed by atoms with Crippen LogP contribution in [-0.4, -0.2) is 53.7 Å². The number of ether oxygens (including phenoxy) is 1. The molecule has 1 aliphatic rings. The summed E-state index contributed by atoms with van der Waals surface area (Å²) >= 11 is 0. The van der Waals surface area contributed by atoms with Crippen molar-refractivity contribution in [2.45, 2.75) is 43.5 Å². The number of methoxy groups -OCH3 is 1. The van der Waals surface area contributed by atoms with E-state index in [-0.39, 0.29) is 29.3 Å². The van der Waals surface area contributed by atoms with Gasteiger partial charge in [-0.1, -0.05) is 18.9 Å². The van der Waals surface area contributed by atoms with Crippen molar-refractivity contribution in [2.75, 3.05) is 33.4 Å². The molecule has 1 aliphatic carbocycles. The van der Waals surface area contributed by atoms with E-state index in [1.54, 1.807) is 26.2 Å². The molecule has 1 aromatic rings. The minimum absolute atomic E-state index is 0. The number of rotatable bonds is 10. The van der Waals surface area contributed by atoms with Gasteiger partial charge in [-0.05, 0) is 37.5 Å². The first-order valence-electron chi connectivity index (χ1n) is 9.05. The fourth-order valence-corrected chi connectivity index (χ4v) is 4.60. The molecule has 0 aromatic heterocycles. The summed E-state index contributed by atoms with van der Waals surface area (Å²) in [5.74, 6) is -0.282. The number of amides is 1. The van der Waals surface area contributed by atoms with Gasteiger partial charge in [-0.25, -0.2) is 13.1 Å². The second-order valence-electron chi connectivity index (χ2n) is 6.58. The lowest BCUT2D eigenvalue weighted by molar-refractivity contribution is 0.0953. The SMILES string of the molecule is COCCNCCNC(=O)c1ccc(C)c(S(=O)(=O)NC2CCCC2)c1.Cl. The summed E-state index contributed by atoms with van der Waals surface area (Å²) in [6, 6.07) is 4.78. The van der Waals surface area contributed by atoms with Crippen LogP contribution in [-0.2, 0) is 14.8 Å². The van der Waals surface area contributed by atoms with Gasteiger partial charge in [0.2, 0.25) is 10.0 Å². The highest BCUT2D eigenvalue weighted by atomic mass is 35.5. The maximum absolute atomic E-state index is 12.7. The van der Waals surface area contributed by atoms with Gasteiger partial charge in [0, 0.05) is 38.3 Å². The molecule has 9 heteroatoms. The zero-order valence-electron chi connectivity index (χ0n) is 15.9.